The summed E-state index contributed by atoms with van der Waals surface area (Å²) in [5.74, 6) is 0.755. The highest BCUT2D eigenvalue weighted by atomic mass is 16.5. The van der Waals surface area contributed by atoms with Crippen LogP contribution >= 0.6 is 0 Å². The van der Waals surface area contributed by atoms with Crippen molar-refractivity contribution in [3.05, 3.63) is 35.4 Å². The van der Waals surface area contributed by atoms with Gasteiger partial charge in [-0.1, -0.05) is 24.3 Å². The van der Waals surface area contributed by atoms with Crippen molar-refractivity contribution >= 4 is 11.9 Å². The van der Waals surface area contributed by atoms with Crippen molar-refractivity contribution in [3.8, 4) is 0 Å². The zero-order valence-electron chi connectivity index (χ0n) is 16.3. The Kier molecular flexibility index (Phi) is 5.34. The number of nitrogens with zero attached hydrogens (tertiary/aromatic N) is 2. The maximum absolute atomic E-state index is 12.0. The smallest absolute Gasteiger partial charge is 0.243 e. The monoisotopic (exact) mass is 370 g/mol. The number of hydrogen-bond donors (Lipinski definition) is 2. The zero-order chi connectivity index (χ0) is 18.8. The lowest BCUT2D eigenvalue weighted by Gasteiger charge is -2.29. The first kappa shape index (κ1) is 18.3. The number of guanidine groups is 1. The second-order valence-corrected chi connectivity index (χ2v) is 8.17. The number of nitrogens with one attached hydrogen (secondary N) is 2. The molecule has 1 amide bonds. The normalized spacial score (nSPS) is 29.3. The Morgan fingerprint density at radius 1 is 1.19 bits per heavy atom. The lowest BCUT2D eigenvalue weighted by atomic mass is 9.88. The molecule has 0 saturated carbocycles. The van der Waals surface area contributed by atoms with Crippen LogP contribution in [-0.4, -0.2) is 61.7 Å². The summed E-state index contributed by atoms with van der Waals surface area (Å²) in [7, 11) is 3.53. The van der Waals surface area contributed by atoms with Crippen molar-refractivity contribution in [1.29, 1.82) is 0 Å². The zero-order valence-corrected chi connectivity index (χ0v) is 16.3. The minimum Gasteiger partial charge on any atom is -0.373 e. The minimum absolute atomic E-state index is 0.00859. The number of fused-ring (bicyclic) bond motifs is 3. The molecule has 2 bridgehead atoms. The van der Waals surface area contributed by atoms with Crippen LogP contribution in [0.2, 0.25) is 0 Å². The second kappa shape index (κ2) is 7.89. The molecule has 0 spiro atoms. The summed E-state index contributed by atoms with van der Waals surface area (Å²) in [6, 6.07) is 9.29. The fourth-order valence-corrected chi connectivity index (χ4v) is 4.40. The first-order valence-corrected chi connectivity index (χ1v) is 10.1. The van der Waals surface area contributed by atoms with E-state index in [1.165, 1.54) is 17.5 Å². The van der Waals surface area contributed by atoms with E-state index >= 15 is 0 Å². The molecule has 4 atom stereocenters. The Bertz CT molecular complexity index is 718. The Labute approximate surface area is 161 Å². The first-order valence-electron chi connectivity index (χ1n) is 10.1. The highest BCUT2D eigenvalue weighted by Crippen LogP contribution is 2.34. The predicted molar refractivity (Wildman–Crippen MR) is 106 cm³/mol. The maximum Gasteiger partial charge on any atom is 0.243 e. The van der Waals surface area contributed by atoms with Crippen molar-refractivity contribution in [2.45, 2.75) is 62.8 Å². The molecule has 2 heterocycles. The molecule has 2 fully saturated rings. The fourth-order valence-electron chi connectivity index (χ4n) is 4.40. The van der Waals surface area contributed by atoms with Crippen LogP contribution in [0.3, 0.4) is 0 Å². The second-order valence-electron chi connectivity index (χ2n) is 8.17. The molecule has 0 radical (unpaired) electrons. The van der Waals surface area contributed by atoms with E-state index in [2.05, 4.69) is 39.9 Å². The molecule has 2 N–H and O–H groups in total. The van der Waals surface area contributed by atoms with Gasteiger partial charge < -0.3 is 20.3 Å². The largest absolute Gasteiger partial charge is 0.373 e. The van der Waals surface area contributed by atoms with Gasteiger partial charge in [0.05, 0.1) is 18.2 Å². The van der Waals surface area contributed by atoms with Gasteiger partial charge in [0.25, 0.3) is 0 Å². The van der Waals surface area contributed by atoms with Gasteiger partial charge in [0.15, 0.2) is 5.96 Å². The number of hydrogen-bond acceptors (Lipinski definition) is 3. The molecule has 146 valence electrons. The first-order chi connectivity index (χ1) is 13.1. The molecule has 1 aromatic carbocycles. The molecule has 2 aliphatic heterocycles. The minimum atomic E-state index is 0.00859. The summed E-state index contributed by atoms with van der Waals surface area (Å²) in [5, 5.41) is 7.15. The standard InChI is InChI=1S/C21H30N4O2/c1-25(2)20(26)13-22-21(24-18-12-17-9-10-19(18)27-17)23-16-8-7-14-5-3-4-6-15(14)11-16/h3-6,16-19H,7-13H2,1-2H3,(H2,22,23,24). The molecule has 27 heavy (non-hydrogen) atoms. The lowest BCUT2D eigenvalue weighted by molar-refractivity contribution is -0.127. The Morgan fingerprint density at radius 3 is 2.70 bits per heavy atom. The predicted octanol–water partition coefficient (Wildman–Crippen LogP) is 1.49. The highest BCUT2D eigenvalue weighted by Gasteiger charge is 2.41. The van der Waals surface area contributed by atoms with Gasteiger partial charge in [0.2, 0.25) is 5.91 Å². The summed E-state index contributed by atoms with van der Waals surface area (Å²) in [6.45, 7) is 0.160. The van der Waals surface area contributed by atoms with Crippen LogP contribution in [0.4, 0.5) is 0 Å². The van der Waals surface area contributed by atoms with Crippen molar-refractivity contribution in [1.82, 2.24) is 15.5 Å². The Balaban J connectivity index is 1.43. The van der Waals surface area contributed by atoms with Gasteiger partial charge in [-0.15, -0.1) is 0 Å². The van der Waals surface area contributed by atoms with Crippen molar-refractivity contribution in [3.63, 3.8) is 0 Å². The molecule has 1 aromatic rings. The number of aryl methyl sites for hydroxylation is 1. The van der Waals surface area contributed by atoms with E-state index in [-0.39, 0.29) is 18.6 Å². The van der Waals surface area contributed by atoms with Crippen LogP contribution < -0.4 is 10.6 Å². The van der Waals surface area contributed by atoms with E-state index in [9.17, 15) is 4.79 Å². The van der Waals surface area contributed by atoms with E-state index in [4.69, 9.17) is 4.74 Å². The number of carbonyl (C=O) groups excluding carboxylic acids is 1. The SMILES string of the molecule is CN(C)C(=O)CN=C(NC1CCc2ccccc2C1)NC1CC2CCC1O2. The Hall–Kier alpha value is -2.08. The fraction of sp³-hybridized carbons (Fsp3) is 0.619. The third-order valence-electron chi connectivity index (χ3n) is 5.99. The molecule has 6 heteroatoms. The maximum atomic E-state index is 12.0. The quantitative estimate of drug-likeness (QED) is 0.623. The van der Waals surface area contributed by atoms with Crippen LogP contribution in [0.15, 0.2) is 29.3 Å². The van der Waals surface area contributed by atoms with Gasteiger partial charge in [-0.25, -0.2) is 4.99 Å². The molecular weight excluding hydrogens is 340 g/mol. The summed E-state index contributed by atoms with van der Waals surface area (Å²) < 4.78 is 5.97. The average molecular weight is 370 g/mol. The van der Waals surface area contributed by atoms with Crippen molar-refractivity contribution in [2.75, 3.05) is 20.6 Å². The summed E-state index contributed by atoms with van der Waals surface area (Å²) >= 11 is 0. The molecule has 1 aliphatic carbocycles. The van der Waals surface area contributed by atoms with E-state index in [1.54, 1.807) is 19.0 Å². The molecule has 6 nitrogen and oxygen atoms in total. The molecule has 4 rings (SSSR count). The summed E-state index contributed by atoms with van der Waals surface area (Å²) in [6.07, 6.45) is 7.12. The third kappa shape index (κ3) is 4.26. The number of ether oxygens (including phenoxy) is 1. The van der Waals surface area contributed by atoms with Crippen LogP contribution in [-0.2, 0) is 22.4 Å². The third-order valence-corrected chi connectivity index (χ3v) is 5.99. The van der Waals surface area contributed by atoms with Gasteiger partial charge in [-0.2, -0.15) is 0 Å². The van der Waals surface area contributed by atoms with E-state index in [0.717, 1.165) is 38.1 Å². The van der Waals surface area contributed by atoms with Gasteiger partial charge in [-0.05, 0) is 49.7 Å². The highest BCUT2D eigenvalue weighted by molar-refractivity contribution is 5.85. The molecule has 3 aliphatic rings. The molecular formula is C21H30N4O2. The number of likely N-dealkylation sites (N-methyl/N-ethyl adjacent to an activating group) is 1. The topological polar surface area (TPSA) is 66.0 Å². The van der Waals surface area contributed by atoms with Gasteiger partial charge >= 0.3 is 0 Å². The molecule has 0 aromatic heterocycles. The van der Waals surface area contributed by atoms with Crippen LogP contribution in [0, 0.1) is 0 Å². The summed E-state index contributed by atoms with van der Waals surface area (Å²) in [5.41, 5.74) is 2.86. The van der Waals surface area contributed by atoms with E-state index < -0.39 is 0 Å². The number of aliphatic imine (C=N–C) groups is 1. The van der Waals surface area contributed by atoms with E-state index in [0.29, 0.717) is 18.2 Å². The molecule has 2 saturated heterocycles. The number of amides is 1. The number of rotatable bonds is 4. The number of carbonyl (C=O) groups is 1. The van der Waals surface area contributed by atoms with Gasteiger partial charge in [0.1, 0.15) is 6.54 Å². The average Bonchev–Trinajstić information content (AvgIpc) is 3.28. The van der Waals surface area contributed by atoms with Crippen molar-refractivity contribution in [2.24, 2.45) is 4.99 Å². The van der Waals surface area contributed by atoms with Crippen molar-refractivity contribution < 1.29 is 9.53 Å². The van der Waals surface area contributed by atoms with Crippen LogP contribution in [0.1, 0.15) is 36.8 Å². The van der Waals surface area contributed by atoms with Gasteiger partial charge in [-0.3, -0.25) is 4.79 Å². The molecule has 4 unspecified atom stereocenters. The van der Waals surface area contributed by atoms with Crippen LogP contribution in [0.5, 0.6) is 0 Å². The van der Waals surface area contributed by atoms with Gasteiger partial charge in [0, 0.05) is 20.1 Å². The number of benzene rings is 1. The summed E-state index contributed by atoms with van der Waals surface area (Å²) in [4.78, 5) is 18.2. The Morgan fingerprint density at radius 2 is 2.00 bits per heavy atom. The van der Waals surface area contributed by atoms with E-state index in [1.807, 2.05) is 0 Å². The van der Waals surface area contributed by atoms with Crippen LogP contribution in [0.25, 0.3) is 0 Å². The lowest BCUT2D eigenvalue weighted by Crippen LogP contribution is -2.51.